The minimum atomic E-state index is -0.887. The van der Waals surface area contributed by atoms with E-state index in [9.17, 15) is 43.2 Å². The fourth-order valence-electron chi connectivity index (χ4n) is 7.62. The molecule has 0 fully saturated rings. The molecule has 83 heavy (non-hydrogen) atoms. The summed E-state index contributed by atoms with van der Waals surface area (Å²) in [4.78, 5) is 111. The molecule has 0 radical (unpaired) electrons. The molecule has 0 aliphatic carbocycles. The van der Waals surface area contributed by atoms with E-state index in [0.717, 1.165) is 6.42 Å². The monoisotopic (exact) mass is 1190 g/mol. The molecule has 9 amide bonds. The van der Waals surface area contributed by atoms with Crippen LogP contribution < -0.4 is 70.0 Å². The minimum absolute atomic E-state index is 0.0148. The summed E-state index contributed by atoms with van der Waals surface area (Å²) < 4.78 is 21.4. The van der Waals surface area contributed by atoms with Crippen molar-refractivity contribution < 1.29 is 72.5 Å². The Balaban J connectivity index is 4.52. The van der Waals surface area contributed by atoms with Gasteiger partial charge >= 0.3 is 0 Å². The van der Waals surface area contributed by atoms with Gasteiger partial charge in [0, 0.05) is 71.5 Å². The van der Waals surface area contributed by atoms with E-state index in [-0.39, 0.29) is 153 Å². The predicted octanol–water partition coefficient (Wildman–Crippen LogP) is -2.74. The molecule has 0 bridgehead atoms. The molecule has 0 rings (SSSR count). The number of amides is 9. The molecule has 0 aromatic heterocycles. The molecule has 478 valence electrons. The van der Waals surface area contributed by atoms with E-state index in [2.05, 4.69) is 68.8 Å². The van der Waals surface area contributed by atoms with Gasteiger partial charge in [-0.2, -0.15) is 0 Å². The smallest absolute Gasteiger partial charge is 0.246 e. The first-order chi connectivity index (χ1) is 39.6. The number of carbonyl (C=O) groups is 9. The minimum Gasteiger partial charge on any atom is -0.411 e. The van der Waals surface area contributed by atoms with Crippen LogP contribution in [0, 0.1) is 0 Å². The molecule has 0 saturated carbocycles. The summed E-state index contributed by atoms with van der Waals surface area (Å²) in [5, 5.41) is 55.9. The molecule has 3 atom stereocenters. The number of carbonyl (C=O) groups excluding carboxylic acids is 9. The Morgan fingerprint density at radius 3 is 1.23 bits per heavy atom. The molecule has 0 saturated heterocycles. The zero-order chi connectivity index (χ0) is 62.2. The number of nitrogens with two attached hydrogens (primary N) is 2. The summed E-state index contributed by atoms with van der Waals surface area (Å²) in [5.74, 6) is -3.07. The highest BCUT2D eigenvalue weighted by Gasteiger charge is 2.24. The van der Waals surface area contributed by atoms with E-state index in [0.29, 0.717) is 71.0 Å². The lowest BCUT2D eigenvalue weighted by atomic mass is 10.1. The van der Waals surface area contributed by atoms with Gasteiger partial charge in [-0.05, 0) is 112 Å². The number of rotatable bonds is 54. The highest BCUT2D eigenvalue weighted by Crippen LogP contribution is 2.07. The van der Waals surface area contributed by atoms with E-state index in [1.807, 2.05) is 0 Å². The topological polar surface area (TPSA) is 440 Å². The number of nitrogens with one attached hydrogen (secondary N) is 11. The van der Waals surface area contributed by atoms with Gasteiger partial charge in [0.15, 0.2) is 0 Å². The highest BCUT2D eigenvalue weighted by atomic mass is 16.5. The van der Waals surface area contributed by atoms with Crippen molar-refractivity contribution in [2.75, 3.05) is 113 Å². The number of hydrogen-bond acceptors (Lipinski definition) is 21. The second-order valence-corrected chi connectivity index (χ2v) is 20.8. The summed E-state index contributed by atoms with van der Waals surface area (Å²) in [6.45, 7) is 10.3. The fraction of sp³-hybridized carbons (Fsp3) is 0.792. The summed E-state index contributed by atoms with van der Waals surface area (Å²) in [7, 11) is 3.31. The molecule has 0 aromatic rings. The number of hydrogen-bond donors (Lipinski definition) is 15. The van der Waals surface area contributed by atoms with Crippen LogP contribution in [0.15, 0.2) is 10.3 Å². The van der Waals surface area contributed by atoms with Crippen LogP contribution in [-0.2, 0) is 62.1 Å². The highest BCUT2D eigenvalue weighted by molar-refractivity contribution is 5.88. The Kier molecular flexibility index (Phi) is 44.7. The molecule has 0 spiro atoms. The van der Waals surface area contributed by atoms with Gasteiger partial charge in [-0.25, -0.2) is 0 Å². The lowest BCUT2D eigenvalue weighted by Crippen LogP contribution is -2.55. The van der Waals surface area contributed by atoms with Crippen molar-refractivity contribution in [3.05, 3.63) is 0 Å². The molecule has 0 heterocycles. The second-order valence-electron chi connectivity index (χ2n) is 20.8. The molecule has 0 aliphatic rings. The molecule has 30 heteroatoms. The van der Waals surface area contributed by atoms with Gasteiger partial charge in [0.1, 0.15) is 19.3 Å². The van der Waals surface area contributed by atoms with Crippen LogP contribution in [0.25, 0.3) is 0 Å². The largest absolute Gasteiger partial charge is 0.411 e. The molecular formula is C53H101N15O15. The van der Waals surface area contributed by atoms with Gasteiger partial charge in [-0.3, -0.25) is 43.2 Å². The molecular weight excluding hydrogens is 1090 g/mol. The van der Waals surface area contributed by atoms with Crippen LogP contribution in [0.4, 0.5) is 0 Å². The summed E-state index contributed by atoms with van der Waals surface area (Å²) in [5.41, 5.74) is 9.31. The van der Waals surface area contributed by atoms with E-state index in [4.69, 9.17) is 40.8 Å². The summed E-state index contributed by atoms with van der Waals surface area (Å²) >= 11 is 0. The van der Waals surface area contributed by atoms with Crippen LogP contribution in [-0.4, -0.2) is 224 Å². The standard InChI is InChI=1S/C53H101N15O15/c1-52(2,37-65-78)63-33-39(34-64-53(3,4)38-66-79)67-45(71)20-14-21-46(72)68-42(51(77)62-24-12-8-16-41(57-6)50(55)76)17-9-11-22-58-43(69)18-13-19-44(70)60-25-27-80-29-32-83-36-48(74)61-26-28-81-30-31-82-35-47(73)59-23-10-7-15-40(56-5)49(54)75/h37-42,56-57,63-64,78-79H,7-36H2,1-6H3,(H2,54,75)(H2,55,76)(H,58,69)(H,59,73)(H,60,70)(H,61,74)(H,62,77)(H,67,71)(H,68,72)/b65-37-,66-38-/t40-,41-,42-/m0/s1. The first-order valence-corrected chi connectivity index (χ1v) is 28.6. The predicted molar refractivity (Wildman–Crippen MR) is 310 cm³/mol. The van der Waals surface area contributed by atoms with Crippen LogP contribution in [0.3, 0.4) is 0 Å². The third kappa shape index (κ3) is 45.0. The average molecular weight is 1190 g/mol. The molecule has 0 aliphatic heterocycles. The second kappa shape index (κ2) is 48.2. The maximum absolute atomic E-state index is 13.3. The lowest BCUT2D eigenvalue weighted by molar-refractivity contribution is -0.129. The number of oxime groups is 2. The molecule has 17 N–H and O–H groups in total. The maximum Gasteiger partial charge on any atom is 0.246 e. The van der Waals surface area contributed by atoms with Crippen molar-refractivity contribution >= 4 is 65.6 Å². The van der Waals surface area contributed by atoms with Crippen LogP contribution >= 0.6 is 0 Å². The third-order valence-corrected chi connectivity index (χ3v) is 12.4. The van der Waals surface area contributed by atoms with E-state index < -0.39 is 52.8 Å². The van der Waals surface area contributed by atoms with Crippen molar-refractivity contribution in [3.63, 3.8) is 0 Å². The number of nitrogens with zero attached hydrogens (tertiary/aromatic N) is 2. The quantitative estimate of drug-likeness (QED) is 0.0127. The fourth-order valence-corrected chi connectivity index (χ4v) is 7.62. The normalized spacial score (nSPS) is 12.9. The van der Waals surface area contributed by atoms with Crippen LogP contribution in [0.2, 0.25) is 0 Å². The number of primary amides is 2. The SMILES string of the molecule is CN[C@@H](CCCCNC(=O)COCCOCCNC(=O)COCCOCCNC(=O)CCCC(=O)NCCCC[C@H](NC(=O)CCCC(=O)NC(CNC(C)(C)/C=N\O)CNC(C)(C)/C=N\O)C(=O)NCCCC[C@H](NC)C(N)=O)C(N)=O. The van der Waals surface area contributed by atoms with E-state index in [1.165, 1.54) is 12.4 Å². The van der Waals surface area contributed by atoms with Gasteiger partial charge < -0.3 is 99.3 Å². The zero-order valence-corrected chi connectivity index (χ0v) is 49.9. The maximum atomic E-state index is 13.3. The molecule has 0 unspecified atom stereocenters. The Morgan fingerprint density at radius 1 is 0.446 bits per heavy atom. The van der Waals surface area contributed by atoms with Gasteiger partial charge in [0.2, 0.25) is 53.2 Å². The van der Waals surface area contributed by atoms with Crippen LogP contribution in [0.5, 0.6) is 0 Å². The van der Waals surface area contributed by atoms with E-state index >= 15 is 0 Å². The third-order valence-electron chi connectivity index (χ3n) is 12.4. The molecule has 0 aromatic carbocycles. The van der Waals surface area contributed by atoms with Gasteiger partial charge in [-0.15, -0.1) is 10.3 Å². The van der Waals surface area contributed by atoms with Gasteiger partial charge in [0.05, 0.1) is 81.3 Å². The summed E-state index contributed by atoms with van der Waals surface area (Å²) in [6, 6.07) is -2.20. The lowest BCUT2D eigenvalue weighted by Gasteiger charge is -2.29. The Labute approximate surface area is 489 Å². The molecule has 30 nitrogen and oxygen atoms in total. The first kappa shape index (κ1) is 76.9. The van der Waals surface area contributed by atoms with Crippen molar-refractivity contribution in [3.8, 4) is 0 Å². The summed E-state index contributed by atoms with van der Waals surface area (Å²) in [6.07, 6.45) is 8.33. The van der Waals surface area contributed by atoms with Crippen LogP contribution in [0.1, 0.15) is 124 Å². The van der Waals surface area contributed by atoms with E-state index in [1.54, 1.807) is 41.8 Å². The van der Waals surface area contributed by atoms with Crippen molar-refractivity contribution in [2.24, 2.45) is 21.8 Å². The number of ether oxygens (including phenoxy) is 4. The Hall–Kier alpha value is -6.15. The van der Waals surface area contributed by atoms with Crippen molar-refractivity contribution in [1.29, 1.82) is 0 Å². The van der Waals surface area contributed by atoms with Gasteiger partial charge in [-0.1, -0.05) is 0 Å². The Morgan fingerprint density at radius 2 is 0.807 bits per heavy atom. The van der Waals surface area contributed by atoms with Gasteiger partial charge in [0.25, 0.3) is 0 Å². The number of likely N-dealkylation sites (N-methyl/N-ethyl adjacent to an activating group) is 2. The average Bonchev–Trinajstić information content (AvgIpc) is 3.43. The zero-order valence-electron chi connectivity index (χ0n) is 49.9. The first-order valence-electron chi connectivity index (χ1n) is 28.6. The Bertz CT molecular complexity index is 1910. The van der Waals surface area contributed by atoms with Crippen molar-refractivity contribution in [1.82, 2.24) is 58.5 Å². The van der Waals surface area contributed by atoms with Crippen molar-refractivity contribution in [2.45, 2.75) is 159 Å². The number of unbranched alkanes of at least 4 members (excludes halogenated alkanes) is 3.